The highest BCUT2D eigenvalue weighted by Crippen LogP contribution is 2.34. The number of nitrogen functional groups attached to an aromatic ring is 1. The lowest BCUT2D eigenvalue weighted by atomic mass is 9.81. The van der Waals surface area contributed by atoms with Gasteiger partial charge in [0.05, 0.1) is 35.7 Å². The highest BCUT2D eigenvalue weighted by molar-refractivity contribution is 5.93. The number of nitrogens with two attached hydrogens (primary N) is 1. The number of nitrogens with zero attached hydrogens (tertiary/aromatic N) is 4. The molecule has 0 bridgehead atoms. The highest BCUT2D eigenvalue weighted by Gasteiger charge is 2.29. The Kier molecular flexibility index (Phi) is 7.08. The van der Waals surface area contributed by atoms with E-state index in [1.165, 1.54) is 0 Å². The van der Waals surface area contributed by atoms with Gasteiger partial charge in [0.1, 0.15) is 11.6 Å². The van der Waals surface area contributed by atoms with Crippen molar-refractivity contribution in [2.45, 2.75) is 25.7 Å². The summed E-state index contributed by atoms with van der Waals surface area (Å²) in [5, 5.41) is 12.2. The van der Waals surface area contributed by atoms with Crippen LogP contribution >= 0.6 is 0 Å². The smallest absolute Gasteiger partial charge is 0.306 e. The Morgan fingerprint density at radius 3 is 2.35 bits per heavy atom. The molecule has 0 atom stereocenters. The van der Waals surface area contributed by atoms with Gasteiger partial charge in [0.25, 0.3) is 0 Å². The van der Waals surface area contributed by atoms with Crippen molar-refractivity contribution >= 4 is 40.1 Å². The van der Waals surface area contributed by atoms with Crippen molar-refractivity contribution in [2.24, 2.45) is 11.8 Å². The SMILES string of the molecule is Nc1ncccc1-c1nc2ccc(N3CCOCC3)cc2n1-c1ccc(NC(=O)C2CCC(C(=O)O)CC2)cc1. The van der Waals surface area contributed by atoms with Crippen LogP contribution in [0.15, 0.2) is 60.8 Å². The van der Waals surface area contributed by atoms with E-state index in [2.05, 4.69) is 31.9 Å². The minimum absolute atomic E-state index is 0.0661. The van der Waals surface area contributed by atoms with Gasteiger partial charge in [-0.15, -0.1) is 0 Å². The van der Waals surface area contributed by atoms with E-state index in [4.69, 9.17) is 15.5 Å². The predicted octanol–water partition coefficient (Wildman–Crippen LogP) is 4.34. The van der Waals surface area contributed by atoms with Crippen LogP contribution < -0.4 is 16.0 Å². The van der Waals surface area contributed by atoms with Gasteiger partial charge in [0.2, 0.25) is 5.91 Å². The van der Waals surface area contributed by atoms with Crippen LogP contribution in [-0.4, -0.2) is 57.8 Å². The molecule has 206 valence electrons. The Balaban J connectivity index is 1.31. The Morgan fingerprint density at radius 2 is 1.65 bits per heavy atom. The molecule has 2 aromatic heterocycles. The normalized spacial score (nSPS) is 19.4. The number of anilines is 3. The number of carbonyl (C=O) groups is 2. The van der Waals surface area contributed by atoms with E-state index < -0.39 is 5.97 Å². The molecule has 2 aromatic carbocycles. The van der Waals surface area contributed by atoms with Crippen LogP contribution in [0, 0.1) is 11.8 Å². The number of ether oxygens (including phenoxy) is 1. The van der Waals surface area contributed by atoms with Crippen LogP contribution in [0.3, 0.4) is 0 Å². The molecule has 0 unspecified atom stereocenters. The molecule has 40 heavy (non-hydrogen) atoms. The van der Waals surface area contributed by atoms with Gasteiger partial charge < -0.3 is 25.8 Å². The van der Waals surface area contributed by atoms with Gasteiger partial charge in [-0.1, -0.05) is 0 Å². The van der Waals surface area contributed by atoms with Gasteiger partial charge in [0, 0.05) is 42.3 Å². The summed E-state index contributed by atoms with van der Waals surface area (Å²) < 4.78 is 7.61. The fraction of sp³-hybridized carbons (Fsp3) is 0.333. The molecule has 2 fully saturated rings. The number of fused-ring (bicyclic) bond motifs is 1. The number of carbonyl (C=O) groups excluding carboxylic acids is 1. The van der Waals surface area contributed by atoms with Crippen LogP contribution in [0.4, 0.5) is 17.2 Å². The number of amides is 1. The highest BCUT2D eigenvalue weighted by atomic mass is 16.5. The van der Waals surface area contributed by atoms with Crippen LogP contribution in [0.2, 0.25) is 0 Å². The van der Waals surface area contributed by atoms with E-state index in [1.54, 1.807) is 6.20 Å². The first-order valence-corrected chi connectivity index (χ1v) is 13.7. The predicted molar refractivity (Wildman–Crippen MR) is 153 cm³/mol. The maximum absolute atomic E-state index is 12.9. The number of hydrogen-bond donors (Lipinski definition) is 3. The number of carboxylic acids is 1. The lowest BCUT2D eigenvalue weighted by molar-refractivity contribution is -0.143. The Bertz CT molecular complexity index is 1540. The summed E-state index contributed by atoms with van der Waals surface area (Å²) in [4.78, 5) is 35.7. The largest absolute Gasteiger partial charge is 0.481 e. The van der Waals surface area contributed by atoms with Crippen molar-refractivity contribution in [3.8, 4) is 17.1 Å². The zero-order chi connectivity index (χ0) is 27.6. The van der Waals surface area contributed by atoms with E-state index in [0.29, 0.717) is 56.2 Å². The van der Waals surface area contributed by atoms with Gasteiger partial charge in [-0.05, 0) is 80.3 Å². The standard InChI is InChI=1S/C30H32N6O4/c31-27-24(2-1-13-32-27)28-34-25-12-11-23(35-14-16-40-17-15-35)18-26(25)36(28)22-9-7-21(8-10-22)33-29(37)19-3-5-20(6-4-19)30(38)39/h1-2,7-13,18-20H,3-6,14-17H2,(H2,31,32)(H,33,37)(H,38,39). The number of hydrogen-bond acceptors (Lipinski definition) is 7. The van der Waals surface area contributed by atoms with Crippen LogP contribution in [0.1, 0.15) is 25.7 Å². The van der Waals surface area contributed by atoms with Gasteiger partial charge in [0.15, 0.2) is 0 Å². The molecular formula is C30H32N6O4. The molecule has 0 spiro atoms. The third-order valence-corrected chi connectivity index (χ3v) is 7.93. The quantitative estimate of drug-likeness (QED) is 0.329. The second-order valence-electron chi connectivity index (χ2n) is 10.4. The molecule has 10 heteroatoms. The summed E-state index contributed by atoms with van der Waals surface area (Å²) in [5.74, 6) is -0.276. The number of imidazole rings is 1. The van der Waals surface area contributed by atoms with Gasteiger partial charge in [-0.25, -0.2) is 9.97 Å². The van der Waals surface area contributed by atoms with Crippen molar-refractivity contribution in [1.82, 2.24) is 14.5 Å². The van der Waals surface area contributed by atoms with Crippen LogP contribution in [-0.2, 0) is 14.3 Å². The van der Waals surface area contributed by atoms with E-state index >= 15 is 0 Å². The Hall–Kier alpha value is -4.44. The molecule has 1 saturated heterocycles. The van der Waals surface area contributed by atoms with Crippen molar-refractivity contribution in [1.29, 1.82) is 0 Å². The number of aromatic nitrogens is 3. The number of benzene rings is 2. The first-order valence-electron chi connectivity index (χ1n) is 13.7. The van der Waals surface area contributed by atoms with E-state index in [-0.39, 0.29) is 17.7 Å². The number of morpholine rings is 1. The fourth-order valence-corrected chi connectivity index (χ4v) is 5.67. The van der Waals surface area contributed by atoms with E-state index in [0.717, 1.165) is 41.1 Å². The van der Waals surface area contributed by atoms with E-state index in [9.17, 15) is 14.7 Å². The molecule has 0 radical (unpaired) electrons. The first kappa shape index (κ1) is 25.8. The molecule has 4 aromatic rings. The van der Waals surface area contributed by atoms with Crippen LogP contribution in [0.5, 0.6) is 0 Å². The Labute approximate surface area is 231 Å². The molecule has 4 N–H and O–H groups in total. The number of carboxylic acid groups (broad SMARTS) is 1. The summed E-state index contributed by atoms with van der Waals surface area (Å²) >= 11 is 0. The number of aliphatic carboxylic acids is 1. The molecule has 3 heterocycles. The van der Waals surface area contributed by atoms with Gasteiger partial charge in [-0.3, -0.25) is 14.2 Å². The molecule has 1 aliphatic heterocycles. The zero-order valence-electron chi connectivity index (χ0n) is 22.1. The number of nitrogens with one attached hydrogen (secondary N) is 1. The maximum Gasteiger partial charge on any atom is 0.306 e. The lowest BCUT2D eigenvalue weighted by Crippen LogP contribution is -2.36. The summed E-state index contributed by atoms with van der Waals surface area (Å²) in [6.07, 6.45) is 3.90. The second kappa shape index (κ2) is 11.0. The minimum atomic E-state index is -0.772. The fourth-order valence-electron chi connectivity index (χ4n) is 5.67. The number of pyridine rings is 1. The minimum Gasteiger partial charge on any atom is -0.481 e. The second-order valence-corrected chi connectivity index (χ2v) is 10.4. The molecular weight excluding hydrogens is 508 g/mol. The topological polar surface area (TPSA) is 136 Å². The molecule has 10 nitrogen and oxygen atoms in total. The lowest BCUT2D eigenvalue weighted by Gasteiger charge is -2.28. The molecule has 1 aliphatic carbocycles. The third-order valence-electron chi connectivity index (χ3n) is 7.93. The maximum atomic E-state index is 12.9. The zero-order valence-corrected chi connectivity index (χ0v) is 22.1. The first-order chi connectivity index (χ1) is 19.5. The van der Waals surface area contributed by atoms with Gasteiger partial charge >= 0.3 is 5.97 Å². The third kappa shape index (κ3) is 5.10. The average Bonchev–Trinajstić information content (AvgIpc) is 3.37. The summed E-state index contributed by atoms with van der Waals surface area (Å²) in [7, 11) is 0. The van der Waals surface area contributed by atoms with Crippen molar-refractivity contribution < 1.29 is 19.4 Å². The van der Waals surface area contributed by atoms with Gasteiger partial charge in [-0.2, -0.15) is 0 Å². The monoisotopic (exact) mass is 540 g/mol. The van der Waals surface area contributed by atoms with Crippen molar-refractivity contribution in [2.75, 3.05) is 42.3 Å². The molecule has 1 saturated carbocycles. The van der Waals surface area contributed by atoms with E-state index in [1.807, 2.05) is 42.5 Å². The number of rotatable bonds is 6. The van der Waals surface area contributed by atoms with Crippen LogP contribution in [0.25, 0.3) is 28.1 Å². The molecule has 2 aliphatic rings. The summed E-state index contributed by atoms with van der Waals surface area (Å²) in [6, 6.07) is 17.7. The Morgan fingerprint density at radius 1 is 0.950 bits per heavy atom. The molecule has 6 rings (SSSR count). The summed E-state index contributed by atoms with van der Waals surface area (Å²) in [6.45, 7) is 3.05. The van der Waals surface area contributed by atoms with Crippen molar-refractivity contribution in [3.05, 3.63) is 60.8 Å². The van der Waals surface area contributed by atoms with Crippen molar-refractivity contribution in [3.63, 3.8) is 0 Å². The average molecular weight is 541 g/mol. The molecule has 1 amide bonds. The summed E-state index contributed by atoms with van der Waals surface area (Å²) in [5.41, 5.74) is 11.5.